The smallest absolute Gasteiger partial charge is 0.319 e. The highest BCUT2D eigenvalue weighted by Crippen LogP contribution is 2.43. The molecule has 0 bridgehead atoms. The van der Waals surface area contributed by atoms with Gasteiger partial charge in [0, 0.05) is 14.1 Å². The first kappa shape index (κ1) is 20.6. The van der Waals surface area contributed by atoms with Gasteiger partial charge >= 0.3 is 6.03 Å². The van der Waals surface area contributed by atoms with Crippen LogP contribution >= 0.6 is 11.8 Å². The van der Waals surface area contributed by atoms with Crippen LogP contribution < -0.4 is 5.32 Å². The monoisotopic (exact) mass is 377 g/mol. The van der Waals surface area contributed by atoms with Crippen LogP contribution in [-0.4, -0.2) is 54.0 Å². The van der Waals surface area contributed by atoms with Crippen molar-refractivity contribution in [2.24, 2.45) is 0 Å². The van der Waals surface area contributed by atoms with Gasteiger partial charge in [0.15, 0.2) is 5.54 Å². The highest BCUT2D eigenvalue weighted by Gasteiger charge is 2.58. The molecule has 144 valence electrons. The molecule has 1 aliphatic heterocycles. The number of carbonyl (C=O) groups excluding carboxylic acids is 2. The van der Waals surface area contributed by atoms with Crippen LogP contribution in [0.25, 0.3) is 0 Å². The highest BCUT2D eigenvalue weighted by atomic mass is 32.2. The molecule has 0 saturated carbocycles. The minimum Gasteiger partial charge on any atom is -0.341 e. The SMILES string of the molecule is CCCCC1N(C)C(=O)C(CCSC)(c2ccc(C)cc2)N1C(=O)NC. The van der Waals surface area contributed by atoms with Gasteiger partial charge in [0.1, 0.15) is 6.17 Å². The molecule has 0 aromatic heterocycles. The third-order valence-corrected chi connectivity index (χ3v) is 5.89. The van der Waals surface area contributed by atoms with Gasteiger partial charge in [-0.15, -0.1) is 0 Å². The second-order valence-electron chi connectivity index (χ2n) is 6.93. The number of rotatable bonds is 7. The molecule has 1 fully saturated rings. The number of benzene rings is 1. The third-order valence-electron chi connectivity index (χ3n) is 5.28. The van der Waals surface area contributed by atoms with Gasteiger partial charge in [0.05, 0.1) is 0 Å². The summed E-state index contributed by atoms with van der Waals surface area (Å²) in [6, 6.07) is 7.85. The summed E-state index contributed by atoms with van der Waals surface area (Å²) in [5, 5.41) is 2.77. The van der Waals surface area contributed by atoms with Crippen LogP contribution in [0.15, 0.2) is 24.3 Å². The Morgan fingerprint density at radius 2 is 1.96 bits per heavy atom. The summed E-state index contributed by atoms with van der Waals surface area (Å²) in [6.45, 7) is 4.16. The summed E-state index contributed by atoms with van der Waals surface area (Å²) in [6.07, 6.45) is 5.22. The Labute approximate surface area is 161 Å². The van der Waals surface area contributed by atoms with Crippen LogP contribution in [-0.2, 0) is 10.3 Å². The van der Waals surface area contributed by atoms with Crippen molar-refractivity contribution < 1.29 is 9.59 Å². The number of carbonyl (C=O) groups is 2. The first-order valence-corrected chi connectivity index (χ1v) is 10.7. The number of aryl methyl sites for hydroxylation is 1. The molecule has 0 aliphatic carbocycles. The molecule has 2 rings (SSSR count). The lowest BCUT2D eigenvalue weighted by Gasteiger charge is -2.38. The Kier molecular flexibility index (Phi) is 6.98. The maximum absolute atomic E-state index is 13.5. The van der Waals surface area contributed by atoms with Crippen molar-refractivity contribution in [1.82, 2.24) is 15.1 Å². The van der Waals surface area contributed by atoms with E-state index in [1.54, 1.807) is 28.6 Å². The van der Waals surface area contributed by atoms with Gasteiger partial charge in [0.25, 0.3) is 5.91 Å². The zero-order chi connectivity index (χ0) is 19.3. The van der Waals surface area contributed by atoms with E-state index in [0.717, 1.165) is 36.1 Å². The van der Waals surface area contributed by atoms with Crippen molar-refractivity contribution in [2.45, 2.75) is 51.2 Å². The van der Waals surface area contributed by atoms with Gasteiger partial charge in [-0.05, 0) is 43.8 Å². The molecule has 1 aliphatic rings. The number of urea groups is 1. The van der Waals surface area contributed by atoms with Crippen molar-refractivity contribution in [1.29, 1.82) is 0 Å². The van der Waals surface area contributed by atoms with Gasteiger partial charge in [-0.2, -0.15) is 11.8 Å². The van der Waals surface area contributed by atoms with E-state index in [1.165, 1.54) is 0 Å². The zero-order valence-electron chi connectivity index (χ0n) is 16.5. The number of likely N-dealkylation sites (N-methyl/N-ethyl adjacent to an activating group) is 1. The normalized spacial score (nSPS) is 22.8. The maximum atomic E-state index is 13.5. The summed E-state index contributed by atoms with van der Waals surface area (Å²) in [5.74, 6) is 0.821. The van der Waals surface area contributed by atoms with E-state index in [-0.39, 0.29) is 18.1 Å². The second kappa shape index (κ2) is 8.80. The molecule has 1 heterocycles. The predicted molar refractivity (Wildman–Crippen MR) is 108 cm³/mol. The fourth-order valence-electron chi connectivity index (χ4n) is 3.81. The lowest BCUT2D eigenvalue weighted by atomic mass is 9.85. The van der Waals surface area contributed by atoms with E-state index in [0.29, 0.717) is 6.42 Å². The van der Waals surface area contributed by atoms with Gasteiger partial charge in [-0.3, -0.25) is 9.69 Å². The zero-order valence-corrected chi connectivity index (χ0v) is 17.4. The van der Waals surface area contributed by atoms with Crippen LogP contribution in [0.4, 0.5) is 4.79 Å². The van der Waals surface area contributed by atoms with Crippen LogP contribution in [0.5, 0.6) is 0 Å². The molecule has 6 heteroatoms. The Morgan fingerprint density at radius 1 is 1.31 bits per heavy atom. The standard InChI is InChI=1S/C20H31N3O2S/c1-6-7-8-17-22(4)18(24)20(13-14-26-5,23(17)19(25)21-3)16-11-9-15(2)10-12-16/h9-12,17H,6-8,13-14H2,1-5H3,(H,21,25). The van der Waals surface area contributed by atoms with E-state index >= 15 is 0 Å². The molecule has 26 heavy (non-hydrogen) atoms. The summed E-state index contributed by atoms with van der Waals surface area (Å²) in [7, 11) is 3.46. The van der Waals surface area contributed by atoms with E-state index < -0.39 is 5.54 Å². The minimum absolute atomic E-state index is 0.0140. The number of amides is 3. The highest BCUT2D eigenvalue weighted by molar-refractivity contribution is 7.98. The maximum Gasteiger partial charge on any atom is 0.319 e. The molecular formula is C20H31N3O2S. The van der Waals surface area contributed by atoms with Crippen molar-refractivity contribution in [3.05, 3.63) is 35.4 Å². The van der Waals surface area contributed by atoms with E-state index in [4.69, 9.17) is 0 Å². The number of unbranched alkanes of at least 4 members (excludes halogenated alkanes) is 1. The van der Waals surface area contributed by atoms with E-state index in [9.17, 15) is 9.59 Å². The summed E-state index contributed by atoms with van der Waals surface area (Å²) in [4.78, 5) is 30.0. The number of nitrogens with one attached hydrogen (secondary N) is 1. The largest absolute Gasteiger partial charge is 0.341 e. The third kappa shape index (κ3) is 3.56. The number of hydrogen-bond donors (Lipinski definition) is 1. The molecule has 2 unspecified atom stereocenters. The molecule has 0 spiro atoms. The fraction of sp³-hybridized carbons (Fsp3) is 0.600. The molecule has 2 atom stereocenters. The average Bonchev–Trinajstić information content (AvgIpc) is 2.86. The van der Waals surface area contributed by atoms with Crippen LogP contribution in [0.1, 0.15) is 43.7 Å². The van der Waals surface area contributed by atoms with E-state index in [2.05, 4.69) is 12.2 Å². The summed E-state index contributed by atoms with van der Waals surface area (Å²) < 4.78 is 0. The van der Waals surface area contributed by atoms with Crippen molar-refractivity contribution in [3.63, 3.8) is 0 Å². The second-order valence-corrected chi connectivity index (χ2v) is 7.92. The van der Waals surface area contributed by atoms with Crippen LogP contribution in [0.2, 0.25) is 0 Å². The molecule has 1 aromatic rings. The molecule has 5 nitrogen and oxygen atoms in total. The summed E-state index contributed by atoms with van der Waals surface area (Å²) in [5.41, 5.74) is 1.10. The quantitative estimate of drug-likeness (QED) is 0.790. The molecule has 1 N–H and O–H groups in total. The first-order valence-electron chi connectivity index (χ1n) is 9.28. The van der Waals surface area contributed by atoms with Crippen molar-refractivity contribution in [3.8, 4) is 0 Å². The lowest BCUT2D eigenvalue weighted by molar-refractivity contribution is -0.133. The van der Waals surface area contributed by atoms with Crippen molar-refractivity contribution >= 4 is 23.7 Å². The molecule has 0 radical (unpaired) electrons. The Hall–Kier alpha value is -1.69. The van der Waals surface area contributed by atoms with E-state index in [1.807, 2.05) is 44.5 Å². The number of nitrogens with zero attached hydrogens (tertiary/aromatic N) is 2. The molecule has 1 aromatic carbocycles. The fourth-order valence-corrected chi connectivity index (χ4v) is 4.31. The molecule has 1 saturated heterocycles. The van der Waals surface area contributed by atoms with Gasteiger partial charge in [-0.25, -0.2) is 4.79 Å². The van der Waals surface area contributed by atoms with Gasteiger partial charge < -0.3 is 10.2 Å². The summed E-state index contributed by atoms with van der Waals surface area (Å²) >= 11 is 1.70. The van der Waals surface area contributed by atoms with Gasteiger partial charge in [0.2, 0.25) is 0 Å². The van der Waals surface area contributed by atoms with Gasteiger partial charge in [-0.1, -0.05) is 43.2 Å². The van der Waals surface area contributed by atoms with Crippen molar-refractivity contribution in [2.75, 3.05) is 26.1 Å². The first-order chi connectivity index (χ1) is 12.4. The predicted octanol–water partition coefficient (Wildman–Crippen LogP) is 3.57. The van der Waals surface area contributed by atoms with Crippen LogP contribution in [0.3, 0.4) is 0 Å². The Bertz CT molecular complexity index is 634. The topological polar surface area (TPSA) is 52.7 Å². The number of hydrogen-bond acceptors (Lipinski definition) is 3. The molecular weight excluding hydrogens is 346 g/mol. The molecule has 3 amide bonds. The lowest BCUT2D eigenvalue weighted by Crippen LogP contribution is -2.54. The Balaban J connectivity index is 2.61. The Morgan fingerprint density at radius 3 is 2.50 bits per heavy atom. The number of thioether (sulfide) groups is 1. The van der Waals surface area contributed by atoms with Crippen LogP contribution in [0, 0.1) is 6.92 Å². The minimum atomic E-state index is -0.941. The average molecular weight is 378 g/mol.